The molecule has 1 atom stereocenters. The van der Waals surface area contributed by atoms with E-state index >= 15 is 0 Å². The number of nitrogens with zero attached hydrogens (tertiary/aromatic N) is 1. The standard InChI is InChI=1S/C33H41FN2O4/c1-4-7-21-35-33(38)29(22-25-13-9-8-10-14-25)36(24-27-15-11-12-16-28(27)34)32(37)20-18-26-17-19-30(39-5-2)31(23-26)40-6-3/h8-17,19,23,29H,4-7,18,20-22,24H2,1-3H3,(H,35,38)/t29-/m1/s1. The zero-order chi connectivity index (χ0) is 28.7. The average molecular weight is 549 g/mol. The number of carbonyl (C=O) groups is 2. The van der Waals surface area contributed by atoms with E-state index in [1.165, 1.54) is 11.0 Å². The fraction of sp³-hybridized carbons (Fsp3) is 0.394. The molecule has 40 heavy (non-hydrogen) atoms. The molecule has 214 valence electrons. The first kappa shape index (κ1) is 30.7. The first-order valence-electron chi connectivity index (χ1n) is 14.2. The van der Waals surface area contributed by atoms with Crippen molar-refractivity contribution >= 4 is 11.8 Å². The molecule has 0 heterocycles. The summed E-state index contributed by atoms with van der Waals surface area (Å²) in [6.07, 6.45) is 2.70. The molecule has 2 amide bonds. The van der Waals surface area contributed by atoms with Crippen LogP contribution in [0.2, 0.25) is 0 Å². The molecule has 6 nitrogen and oxygen atoms in total. The van der Waals surface area contributed by atoms with Crippen LogP contribution in [0.3, 0.4) is 0 Å². The maximum atomic E-state index is 14.8. The Balaban J connectivity index is 1.89. The fourth-order valence-electron chi connectivity index (χ4n) is 4.52. The van der Waals surface area contributed by atoms with E-state index in [9.17, 15) is 14.0 Å². The number of hydrogen-bond donors (Lipinski definition) is 1. The average Bonchev–Trinajstić information content (AvgIpc) is 2.96. The van der Waals surface area contributed by atoms with Crippen LogP contribution in [-0.4, -0.2) is 42.5 Å². The van der Waals surface area contributed by atoms with Crippen molar-refractivity contribution in [3.63, 3.8) is 0 Å². The van der Waals surface area contributed by atoms with Gasteiger partial charge in [0.2, 0.25) is 11.8 Å². The maximum absolute atomic E-state index is 14.8. The summed E-state index contributed by atoms with van der Waals surface area (Å²) in [4.78, 5) is 28.9. The smallest absolute Gasteiger partial charge is 0.243 e. The van der Waals surface area contributed by atoms with E-state index in [2.05, 4.69) is 12.2 Å². The lowest BCUT2D eigenvalue weighted by molar-refractivity contribution is -0.141. The highest BCUT2D eigenvalue weighted by molar-refractivity contribution is 5.88. The monoisotopic (exact) mass is 548 g/mol. The number of amides is 2. The summed E-state index contributed by atoms with van der Waals surface area (Å²) >= 11 is 0. The summed E-state index contributed by atoms with van der Waals surface area (Å²) in [7, 11) is 0. The lowest BCUT2D eigenvalue weighted by Gasteiger charge is -2.32. The van der Waals surface area contributed by atoms with Gasteiger partial charge in [0.05, 0.1) is 13.2 Å². The van der Waals surface area contributed by atoms with Crippen molar-refractivity contribution in [3.05, 3.63) is 95.3 Å². The van der Waals surface area contributed by atoms with Crippen LogP contribution in [-0.2, 0) is 29.0 Å². The molecule has 0 spiro atoms. The predicted molar refractivity (Wildman–Crippen MR) is 156 cm³/mol. The van der Waals surface area contributed by atoms with Crippen molar-refractivity contribution in [3.8, 4) is 11.5 Å². The van der Waals surface area contributed by atoms with Crippen LogP contribution in [0.4, 0.5) is 4.39 Å². The van der Waals surface area contributed by atoms with Gasteiger partial charge in [-0.25, -0.2) is 4.39 Å². The van der Waals surface area contributed by atoms with Crippen LogP contribution in [0.1, 0.15) is 56.7 Å². The van der Waals surface area contributed by atoms with Crippen molar-refractivity contribution in [2.75, 3.05) is 19.8 Å². The summed E-state index contributed by atoms with van der Waals surface area (Å²) in [6.45, 7) is 7.41. The zero-order valence-electron chi connectivity index (χ0n) is 23.8. The van der Waals surface area contributed by atoms with Gasteiger partial charge in [0, 0.05) is 31.5 Å². The number of ether oxygens (including phenoxy) is 2. The van der Waals surface area contributed by atoms with Crippen LogP contribution >= 0.6 is 0 Å². The summed E-state index contributed by atoms with van der Waals surface area (Å²) in [5, 5.41) is 3.00. The highest BCUT2D eigenvalue weighted by atomic mass is 19.1. The molecule has 3 aromatic rings. The van der Waals surface area contributed by atoms with Crippen LogP contribution < -0.4 is 14.8 Å². The van der Waals surface area contributed by atoms with E-state index in [0.717, 1.165) is 24.0 Å². The largest absolute Gasteiger partial charge is 0.490 e. The molecular weight excluding hydrogens is 507 g/mol. The van der Waals surface area contributed by atoms with Gasteiger partial charge >= 0.3 is 0 Å². The van der Waals surface area contributed by atoms with Crippen LogP contribution in [0, 0.1) is 5.82 Å². The molecule has 0 fully saturated rings. The molecule has 0 bridgehead atoms. The summed E-state index contributed by atoms with van der Waals surface area (Å²) < 4.78 is 26.2. The molecule has 1 N–H and O–H groups in total. The molecule has 0 saturated carbocycles. The second kappa shape index (κ2) is 16.3. The van der Waals surface area contributed by atoms with Gasteiger partial charge in [-0.3, -0.25) is 9.59 Å². The van der Waals surface area contributed by atoms with E-state index < -0.39 is 11.9 Å². The Morgan fingerprint density at radius 1 is 0.875 bits per heavy atom. The van der Waals surface area contributed by atoms with E-state index in [0.29, 0.717) is 49.7 Å². The van der Waals surface area contributed by atoms with Crippen molar-refractivity contribution in [1.29, 1.82) is 0 Å². The maximum Gasteiger partial charge on any atom is 0.243 e. The number of halogens is 1. The minimum absolute atomic E-state index is 0.00230. The third kappa shape index (κ3) is 9.11. The lowest BCUT2D eigenvalue weighted by Crippen LogP contribution is -2.50. The SMILES string of the molecule is CCCCNC(=O)[C@@H](Cc1ccccc1)N(Cc1ccccc1F)C(=O)CCc1ccc(OCC)c(OCC)c1. The van der Waals surface area contributed by atoms with Gasteiger partial charge < -0.3 is 19.7 Å². The lowest BCUT2D eigenvalue weighted by atomic mass is 10.0. The number of hydrogen-bond acceptors (Lipinski definition) is 4. The van der Waals surface area contributed by atoms with Gasteiger partial charge in [-0.2, -0.15) is 0 Å². The molecular formula is C33H41FN2O4. The third-order valence-corrected chi connectivity index (χ3v) is 6.63. The molecule has 0 aliphatic heterocycles. The quantitative estimate of drug-likeness (QED) is 0.219. The molecule has 0 unspecified atom stereocenters. The van der Waals surface area contributed by atoms with E-state index in [-0.39, 0.29) is 24.8 Å². The molecule has 7 heteroatoms. The van der Waals surface area contributed by atoms with Gasteiger partial charge in [0.25, 0.3) is 0 Å². The van der Waals surface area contributed by atoms with E-state index in [1.807, 2.05) is 62.4 Å². The van der Waals surface area contributed by atoms with Gasteiger partial charge in [-0.15, -0.1) is 0 Å². The number of rotatable bonds is 16. The second-order valence-corrected chi connectivity index (χ2v) is 9.61. The summed E-state index contributed by atoms with van der Waals surface area (Å²) in [6, 6.07) is 20.9. The number of unbranched alkanes of at least 4 members (excludes halogenated alkanes) is 1. The van der Waals surface area contributed by atoms with Gasteiger partial charge in [0.15, 0.2) is 11.5 Å². The van der Waals surface area contributed by atoms with Crippen LogP contribution in [0.5, 0.6) is 11.5 Å². The molecule has 3 rings (SSSR count). The summed E-state index contributed by atoms with van der Waals surface area (Å²) in [5.74, 6) is 0.434. The number of benzene rings is 3. The highest BCUT2D eigenvalue weighted by Gasteiger charge is 2.30. The van der Waals surface area contributed by atoms with Crippen molar-refractivity contribution in [2.24, 2.45) is 0 Å². The molecule has 0 aliphatic carbocycles. The number of carbonyl (C=O) groups excluding carboxylic acids is 2. The first-order chi connectivity index (χ1) is 19.5. The van der Waals surface area contributed by atoms with E-state index in [1.54, 1.807) is 18.2 Å². The van der Waals surface area contributed by atoms with Crippen LogP contribution in [0.15, 0.2) is 72.8 Å². The minimum Gasteiger partial charge on any atom is -0.490 e. The Bertz CT molecular complexity index is 1220. The van der Waals surface area contributed by atoms with Crippen molar-refractivity contribution in [2.45, 2.75) is 65.5 Å². The third-order valence-electron chi connectivity index (χ3n) is 6.63. The zero-order valence-corrected chi connectivity index (χ0v) is 23.8. The fourth-order valence-corrected chi connectivity index (χ4v) is 4.52. The van der Waals surface area contributed by atoms with Crippen molar-refractivity contribution < 1.29 is 23.5 Å². The molecule has 3 aromatic carbocycles. The van der Waals surface area contributed by atoms with E-state index in [4.69, 9.17) is 9.47 Å². The molecule has 0 aliphatic rings. The number of nitrogens with one attached hydrogen (secondary N) is 1. The molecule has 0 radical (unpaired) electrons. The van der Waals surface area contributed by atoms with Gasteiger partial charge in [-0.1, -0.05) is 67.9 Å². The Morgan fingerprint density at radius 3 is 2.27 bits per heavy atom. The normalized spacial score (nSPS) is 11.5. The Labute approximate surface area is 237 Å². The number of aryl methyl sites for hydroxylation is 1. The van der Waals surface area contributed by atoms with Gasteiger partial charge in [-0.05, 0) is 56.0 Å². The molecule has 0 saturated heterocycles. The predicted octanol–water partition coefficient (Wildman–Crippen LogP) is 6.11. The second-order valence-electron chi connectivity index (χ2n) is 9.61. The summed E-state index contributed by atoms with van der Waals surface area (Å²) in [5.41, 5.74) is 2.21. The Hall–Kier alpha value is -3.87. The van der Waals surface area contributed by atoms with Crippen molar-refractivity contribution in [1.82, 2.24) is 10.2 Å². The highest BCUT2D eigenvalue weighted by Crippen LogP contribution is 2.29. The first-order valence-corrected chi connectivity index (χ1v) is 14.2. The Kier molecular flexibility index (Phi) is 12.5. The molecule has 0 aromatic heterocycles. The van der Waals surface area contributed by atoms with Gasteiger partial charge in [0.1, 0.15) is 11.9 Å². The topological polar surface area (TPSA) is 67.9 Å². The minimum atomic E-state index is -0.786. The van der Waals surface area contributed by atoms with Crippen LogP contribution in [0.25, 0.3) is 0 Å². The Morgan fingerprint density at radius 2 is 1.57 bits per heavy atom.